The zero-order chi connectivity index (χ0) is 15.6. The molecule has 2 aromatic rings. The lowest BCUT2D eigenvalue weighted by Gasteiger charge is -2.11. The minimum atomic E-state index is -0.998. The van der Waals surface area contributed by atoms with E-state index in [1.54, 1.807) is 0 Å². The van der Waals surface area contributed by atoms with Gasteiger partial charge in [0.2, 0.25) is 0 Å². The summed E-state index contributed by atoms with van der Waals surface area (Å²) in [5, 5.41) is 9.92. The first-order chi connectivity index (χ1) is 9.93. The third-order valence-electron chi connectivity index (χ3n) is 2.58. The standard InChI is InChI=1S/C13H10Cl2N2O3S/c1-2-3-17-12(20)8-4-7(14)5-9(15)11(8)16-13(17)21-6-10(18)19/h2,4-5H,1,3,6H2,(H,18,19). The van der Waals surface area contributed by atoms with E-state index < -0.39 is 5.97 Å². The summed E-state index contributed by atoms with van der Waals surface area (Å²) in [4.78, 5) is 27.5. The predicted octanol–water partition coefficient (Wildman–Crippen LogP) is 3.07. The molecule has 0 radical (unpaired) electrons. The van der Waals surface area contributed by atoms with Crippen LogP contribution in [0.15, 0.2) is 34.7 Å². The summed E-state index contributed by atoms with van der Waals surface area (Å²) in [5.74, 6) is -1.21. The molecule has 0 saturated heterocycles. The number of carboxylic acids is 1. The Bertz CT molecular complexity index is 789. The number of nitrogens with zero attached hydrogens (tertiary/aromatic N) is 2. The first-order valence-electron chi connectivity index (χ1n) is 5.79. The second kappa shape index (κ2) is 6.51. The van der Waals surface area contributed by atoms with Crippen LogP contribution in [-0.4, -0.2) is 26.4 Å². The maximum Gasteiger partial charge on any atom is 0.313 e. The molecule has 0 bridgehead atoms. The zero-order valence-electron chi connectivity index (χ0n) is 10.7. The maximum atomic E-state index is 12.5. The molecular formula is C13H10Cl2N2O3S. The highest BCUT2D eigenvalue weighted by molar-refractivity contribution is 7.99. The Labute approximate surface area is 134 Å². The van der Waals surface area contributed by atoms with Crippen molar-refractivity contribution in [2.75, 3.05) is 5.75 Å². The van der Waals surface area contributed by atoms with Crippen LogP contribution in [0.5, 0.6) is 0 Å². The van der Waals surface area contributed by atoms with E-state index in [2.05, 4.69) is 11.6 Å². The molecule has 0 spiro atoms. The van der Waals surface area contributed by atoms with Gasteiger partial charge in [-0.25, -0.2) is 4.98 Å². The molecule has 0 fully saturated rings. The van der Waals surface area contributed by atoms with Gasteiger partial charge in [0.15, 0.2) is 5.16 Å². The van der Waals surface area contributed by atoms with Gasteiger partial charge in [0.1, 0.15) is 0 Å². The molecule has 0 saturated carbocycles. The van der Waals surface area contributed by atoms with Crippen LogP contribution >= 0.6 is 35.0 Å². The molecule has 5 nitrogen and oxygen atoms in total. The summed E-state index contributed by atoms with van der Waals surface area (Å²) in [5.41, 5.74) is -0.0311. The van der Waals surface area contributed by atoms with Crippen LogP contribution in [0.25, 0.3) is 10.9 Å². The molecule has 2 rings (SSSR count). The van der Waals surface area contributed by atoms with Gasteiger partial charge in [0.25, 0.3) is 5.56 Å². The predicted molar refractivity (Wildman–Crippen MR) is 84.6 cm³/mol. The van der Waals surface area contributed by atoms with E-state index in [-0.39, 0.29) is 33.4 Å². The number of hydrogen-bond donors (Lipinski definition) is 1. The van der Waals surface area contributed by atoms with Gasteiger partial charge in [0.05, 0.1) is 21.7 Å². The van der Waals surface area contributed by atoms with Crippen LogP contribution in [0.2, 0.25) is 10.0 Å². The molecule has 0 atom stereocenters. The Kier molecular flexibility index (Phi) is 4.92. The molecule has 0 aliphatic carbocycles. The summed E-state index contributed by atoms with van der Waals surface area (Å²) in [7, 11) is 0. The summed E-state index contributed by atoms with van der Waals surface area (Å²) in [6.45, 7) is 3.80. The van der Waals surface area contributed by atoms with E-state index in [1.807, 2.05) is 0 Å². The fourth-order valence-electron chi connectivity index (χ4n) is 1.76. The van der Waals surface area contributed by atoms with Gasteiger partial charge in [-0.05, 0) is 12.1 Å². The molecule has 1 heterocycles. The smallest absolute Gasteiger partial charge is 0.313 e. The Morgan fingerprint density at radius 3 is 2.81 bits per heavy atom. The van der Waals surface area contributed by atoms with Crippen molar-refractivity contribution in [1.82, 2.24) is 9.55 Å². The van der Waals surface area contributed by atoms with Gasteiger partial charge in [-0.3, -0.25) is 14.2 Å². The van der Waals surface area contributed by atoms with Gasteiger partial charge >= 0.3 is 5.97 Å². The SMILES string of the molecule is C=CCn1c(SCC(=O)O)nc2c(Cl)cc(Cl)cc2c1=O. The van der Waals surface area contributed by atoms with Crippen LogP contribution < -0.4 is 5.56 Å². The summed E-state index contributed by atoms with van der Waals surface area (Å²) in [6.07, 6.45) is 1.53. The first-order valence-corrected chi connectivity index (χ1v) is 7.53. The van der Waals surface area contributed by atoms with Crippen LogP contribution in [0.1, 0.15) is 0 Å². The molecule has 1 N–H and O–H groups in total. The second-order valence-electron chi connectivity index (χ2n) is 4.07. The lowest BCUT2D eigenvalue weighted by atomic mass is 10.2. The number of rotatable bonds is 5. The van der Waals surface area contributed by atoms with Gasteiger partial charge in [-0.2, -0.15) is 0 Å². The van der Waals surface area contributed by atoms with Gasteiger partial charge < -0.3 is 5.11 Å². The number of allylic oxidation sites excluding steroid dienone is 1. The quantitative estimate of drug-likeness (QED) is 0.512. The number of fused-ring (bicyclic) bond motifs is 1. The number of hydrogen-bond acceptors (Lipinski definition) is 4. The van der Waals surface area contributed by atoms with Crippen molar-refractivity contribution in [2.24, 2.45) is 0 Å². The fraction of sp³-hybridized carbons (Fsp3) is 0.154. The lowest BCUT2D eigenvalue weighted by molar-refractivity contribution is -0.133. The number of aromatic nitrogens is 2. The molecular weight excluding hydrogens is 335 g/mol. The van der Waals surface area contributed by atoms with Crippen molar-refractivity contribution in [3.05, 3.63) is 45.2 Å². The third kappa shape index (κ3) is 3.40. The van der Waals surface area contributed by atoms with E-state index in [9.17, 15) is 9.59 Å². The monoisotopic (exact) mass is 344 g/mol. The number of benzene rings is 1. The van der Waals surface area contributed by atoms with Crippen LogP contribution in [0.3, 0.4) is 0 Å². The molecule has 110 valence electrons. The Morgan fingerprint density at radius 1 is 1.48 bits per heavy atom. The molecule has 1 aromatic carbocycles. The van der Waals surface area contributed by atoms with Gasteiger partial charge in [-0.15, -0.1) is 6.58 Å². The van der Waals surface area contributed by atoms with Crippen molar-refractivity contribution in [3.8, 4) is 0 Å². The highest BCUT2D eigenvalue weighted by Crippen LogP contribution is 2.26. The third-order valence-corrected chi connectivity index (χ3v) is 4.05. The van der Waals surface area contributed by atoms with E-state index in [1.165, 1.54) is 22.8 Å². The minimum absolute atomic E-state index is 0.208. The lowest BCUT2D eigenvalue weighted by Crippen LogP contribution is -2.23. The van der Waals surface area contributed by atoms with E-state index in [0.717, 1.165) is 11.8 Å². The van der Waals surface area contributed by atoms with Crippen molar-refractivity contribution in [3.63, 3.8) is 0 Å². The number of halogens is 2. The summed E-state index contributed by atoms with van der Waals surface area (Å²) >= 11 is 12.9. The fourth-order valence-corrected chi connectivity index (χ4v) is 3.01. The zero-order valence-corrected chi connectivity index (χ0v) is 13.0. The van der Waals surface area contributed by atoms with E-state index >= 15 is 0 Å². The number of carbonyl (C=O) groups is 1. The van der Waals surface area contributed by atoms with Crippen LogP contribution in [0, 0.1) is 0 Å². The molecule has 0 unspecified atom stereocenters. The topological polar surface area (TPSA) is 72.2 Å². The molecule has 8 heteroatoms. The normalized spacial score (nSPS) is 10.8. The number of thioether (sulfide) groups is 1. The van der Waals surface area contributed by atoms with E-state index in [4.69, 9.17) is 28.3 Å². The molecule has 1 aromatic heterocycles. The molecule has 0 amide bonds. The Morgan fingerprint density at radius 2 is 2.19 bits per heavy atom. The van der Waals surface area contributed by atoms with Gasteiger partial charge in [-0.1, -0.05) is 41.0 Å². The highest BCUT2D eigenvalue weighted by atomic mass is 35.5. The Hall–Kier alpha value is -1.50. The van der Waals surface area contributed by atoms with Crippen molar-refractivity contribution in [1.29, 1.82) is 0 Å². The largest absolute Gasteiger partial charge is 0.481 e. The van der Waals surface area contributed by atoms with E-state index in [0.29, 0.717) is 10.5 Å². The molecule has 0 aliphatic heterocycles. The van der Waals surface area contributed by atoms with Crippen LogP contribution in [0.4, 0.5) is 0 Å². The summed E-state index contributed by atoms with van der Waals surface area (Å²) < 4.78 is 1.34. The molecule has 0 aliphatic rings. The van der Waals surface area contributed by atoms with Gasteiger partial charge in [0, 0.05) is 11.6 Å². The maximum absolute atomic E-state index is 12.5. The van der Waals surface area contributed by atoms with Crippen LogP contribution in [-0.2, 0) is 11.3 Å². The second-order valence-corrected chi connectivity index (χ2v) is 5.85. The molecule has 21 heavy (non-hydrogen) atoms. The average Bonchev–Trinajstić information content (AvgIpc) is 2.41. The minimum Gasteiger partial charge on any atom is -0.481 e. The van der Waals surface area contributed by atoms with Crippen molar-refractivity contribution < 1.29 is 9.90 Å². The Balaban J connectivity index is 2.71. The average molecular weight is 345 g/mol. The first kappa shape index (κ1) is 15.9. The van der Waals surface area contributed by atoms with Crippen molar-refractivity contribution >= 4 is 51.8 Å². The number of carboxylic acid groups (broad SMARTS) is 1. The summed E-state index contributed by atoms with van der Waals surface area (Å²) in [6, 6.07) is 2.98. The highest BCUT2D eigenvalue weighted by Gasteiger charge is 2.14. The van der Waals surface area contributed by atoms with Crippen molar-refractivity contribution in [2.45, 2.75) is 11.7 Å². The number of aliphatic carboxylic acids is 1.